The van der Waals surface area contributed by atoms with E-state index in [9.17, 15) is 0 Å². The third kappa shape index (κ3) is 5.05. The summed E-state index contributed by atoms with van der Waals surface area (Å²) in [4.78, 5) is 17.7. The van der Waals surface area contributed by atoms with Crippen molar-refractivity contribution in [3.63, 3.8) is 0 Å². The minimum absolute atomic E-state index is 0.836. The monoisotopic (exact) mass is 558 g/mol. The predicted molar refractivity (Wildman–Crippen MR) is 180 cm³/mol. The van der Waals surface area contributed by atoms with Crippen LogP contribution >= 0.6 is 0 Å². The standard InChI is InChI=1S/C37H30N4Si/c1-42(2,3)23-22-29-30-18-20-34(40-30)36(25-10-6-4-7-11-25)32-16-14-27(38-32)24-28-15-17-33(39-28)37(26-12-8-5-9-13-26)35-21-19-31(29)41-35/h4-21,24,38-39H,1-3H3. The van der Waals surface area contributed by atoms with Crippen LogP contribution in [0.4, 0.5) is 0 Å². The molecule has 2 aliphatic heterocycles. The fourth-order valence-corrected chi connectivity index (χ4v) is 5.83. The van der Waals surface area contributed by atoms with Crippen molar-refractivity contribution in [3.05, 3.63) is 119 Å². The van der Waals surface area contributed by atoms with Crippen molar-refractivity contribution >= 4 is 54.4 Å². The van der Waals surface area contributed by atoms with E-state index in [0.29, 0.717) is 0 Å². The van der Waals surface area contributed by atoms with Crippen molar-refractivity contribution in [3.8, 4) is 33.7 Å². The predicted octanol–water partition coefficient (Wildman–Crippen LogP) is 9.22. The first-order valence-electron chi connectivity index (χ1n) is 14.2. The van der Waals surface area contributed by atoms with E-state index >= 15 is 0 Å². The van der Waals surface area contributed by atoms with Crippen LogP contribution < -0.4 is 0 Å². The van der Waals surface area contributed by atoms with Crippen LogP contribution in [0.1, 0.15) is 28.3 Å². The Bertz CT molecular complexity index is 1980. The van der Waals surface area contributed by atoms with Gasteiger partial charge in [-0.1, -0.05) is 86.2 Å². The van der Waals surface area contributed by atoms with E-state index in [1.807, 2.05) is 12.1 Å². The zero-order valence-corrected chi connectivity index (χ0v) is 24.9. The van der Waals surface area contributed by atoms with Gasteiger partial charge in [0.25, 0.3) is 0 Å². The number of nitrogens with one attached hydrogen (secondary N) is 2. The molecule has 202 valence electrons. The van der Waals surface area contributed by atoms with Crippen molar-refractivity contribution in [1.82, 2.24) is 19.9 Å². The van der Waals surface area contributed by atoms with Gasteiger partial charge in [-0.05, 0) is 65.8 Å². The van der Waals surface area contributed by atoms with Gasteiger partial charge in [-0.25, -0.2) is 9.97 Å². The largest absolute Gasteiger partial charge is 0.355 e. The molecule has 0 atom stereocenters. The molecule has 0 fully saturated rings. The van der Waals surface area contributed by atoms with Crippen LogP contribution in [-0.2, 0) is 0 Å². The summed E-state index contributed by atoms with van der Waals surface area (Å²) in [6.45, 7) is 6.78. The minimum atomic E-state index is -1.67. The van der Waals surface area contributed by atoms with E-state index in [1.54, 1.807) is 0 Å². The molecule has 3 aromatic heterocycles. The lowest BCUT2D eigenvalue weighted by Gasteiger charge is -2.05. The van der Waals surface area contributed by atoms with Crippen LogP contribution in [0.3, 0.4) is 0 Å². The van der Waals surface area contributed by atoms with Crippen LogP contribution in [0.15, 0.2) is 91.0 Å². The van der Waals surface area contributed by atoms with E-state index in [0.717, 1.165) is 72.7 Å². The maximum atomic E-state index is 5.19. The summed E-state index contributed by atoms with van der Waals surface area (Å²) in [5, 5.41) is 0. The van der Waals surface area contributed by atoms with Crippen LogP contribution in [0.2, 0.25) is 19.6 Å². The zero-order chi connectivity index (χ0) is 28.7. The molecule has 2 N–H and O–H groups in total. The maximum Gasteiger partial charge on any atom is 0.129 e. The summed E-state index contributed by atoms with van der Waals surface area (Å²) < 4.78 is 0. The first-order valence-corrected chi connectivity index (χ1v) is 17.7. The smallest absolute Gasteiger partial charge is 0.129 e. The van der Waals surface area contributed by atoms with Crippen LogP contribution in [-0.4, -0.2) is 28.0 Å². The van der Waals surface area contributed by atoms with E-state index in [4.69, 9.17) is 9.97 Å². The van der Waals surface area contributed by atoms with Crippen molar-refractivity contribution in [2.24, 2.45) is 0 Å². The van der Waals surface area contributed by atoms with Crippen molar-refractivity contribution in [2.75, 3.05) is 0 Å². The second-order valence-electron chi connectivity index (χ2n) is 11.6. The molecule has 2 aromatic carbocycles. The fourth-order valence-electron chi connectivity index (χ4n) is 5.33. The molecule has 0 radical (unpaired) electrons. The van der Waals surface area contributed by atoms with Gasteiger partial charge >= 0.3 is 0 Å². The number of benzene rings is 2. The van der Waals surface area contributed by atoms with Crippen molar-refractivity contribution < 1.29 is 0 Å². The van der Waals surface area contributed by atoms with Crippen molar-refractivity contribution in [2.45, 2.75) is 19.6 Å². The Morgan fingerprint density at radius 3 is 1.45 bits per heavy atom. The molecule has 0 unspecified atom stereocenters. The van der Waals surface area contributed by atoms with Crippen LogP contribution in [0, 0.1) is 11.5 Å². The Labute approximate surface area is 246 Å². The Hall–Kier alpha value is -5.18. The van der Waals surface area contributed by atoms with E-state index in [2.05, 4.69) is 144 Å². The molecule has 42 heavy (non-hydrogen) atoms. The van der Waals surface area contributed by atoms with E-state index in [1.165, 1.54) is 0 Å². The van der Waals surface area contributed by atoms with Crippen molar-refractivity contribution in [1.29, 1.82) is 0 Å². The Kier molecular flexibility index (Phi) is 6.34. The molecule has 0 saturated carbocycles. The lowest BCUT2D eigenvalue weighted by molar-refractivity contribution is 1.26. The molecular weight excluding hydrogens is 529 g/mol. The van der Waals surface area contributed by atoms with E-state index < -0.39 is 8.07 Å². The molecule has 5 heterocycles. The Balaban J connectivity index is 1.64. The van der Waals surface area contributed by atoms with Gasteiger partial charge in [0, 0.05) is 33.2 Å². The fraction of sp³-hybridized carbons (Fsp3) is 0.0811. The minimum Gasteiger partial charge on any atom is -0.355 e. The SMILES string of the molecule is C[Si](C)(C)C#Cc1c2nc(c(-c3ccccc3)c3ccc(cc4ccc([nH]4)c(-c4ccccc4)c4nc1C=C4)[nH]3)C=C2. The highest BCUT2D eigenvalue weighted by atomic mass is 28.3. The lowest BCUT2D eigenvalue weighted by atomic mass is 10.0. The van der Waals surface area contributed by atoms with Gasteiger partial charge < -0.3 is 9.97 Å². The van der Waals surface area contributed by atoms with Gasteiger partial charge in [0.1, 0.15) is 8.07 Å². The maximum absolute atomic E-state index is 5.19. The molecule has 0 aliphatic carbocycles. The molecule has 0 saturated heterocycles. The first kappa shape index (κ1) is 25.8. The summed E-state index contributed by atoms with van der Waals surface area (Å²) in [6, 6.07) is 31.5. The molecular formula is C37H30N4Si. The molecule has 0 amide bonds. The molecule has 2 aliphatic rings. The van der Waals surface area contributed by atoms with Crippen LogP contribution in [0.25, 0.3) is 68.6 Å². The highest BCUT2D eigenvalue weighted by Crippen LogP contribution is 2.33. The van der Waals surface area contributed by atoms with Gasteiger partial charge in [-0.3, -0.25) is 0 Å². The number of H-pyrrole nitrogens is 2. The van der Waals surface area contributed by atoms with E-state index in [-0.39, 0.29) is 0 Å². The number of nitrogens with zero attached hydrogens (tertiary/aromatic N) is 2. The molecule has 5 aromatic rings. The highest BCUT2D eigenvalue weighted by Gasteiger charge is 2.17. The summed E-state index contributed by atoms with van der Waals surface area (Å²) >= 11 is 0. The number of aromatic nitrogens is 4. The number of rotatable bonds is 2. The molecule has 5 heteroatoms. The van der Waals surface area contributed by atoms with Gasteiger partial charge in [0.15, 0.2) is 0 Å². The third-order valence-corrected chi connectivity index (χ3v) is 8.13. The van der Waals surface area contributed by atoms with Gasteiger partial charge in [0.2, 0.25) is 0 Å². The third-order valence-electron chi connectivity index (χ3n) is 7.26. The average Bonchev–Trinajstić information content (AvgIpc) is 3.80. The molecule has 7 rings (SSSR count). The van der Waals surface area contributed by atoms with Crippen LogP contribution in [0.5, 0.6) is 0 Å². The summed E-state index contributed by atoms with van der Waals surface area (Å²) in [5.41, 5.74) is 16.2. The molecule has 8 bridgehead atoms. The second-order valence-corrected chi connectivity index (χ2v) is 16.3. The Morgan fingerprint density at radius 1 is 0.548 bits per heavy atom. The molecule has 4 nitrogen and oxygen atoms in total. The summed E-state index contributed by atoms with van der Waals surface area (Å²) in [5.74, 6) is 3.53. The first-order chi connectivity index (χ1) is 20.4. The molecule has 0 spiro atoms. The summed E-state index contributed by atoms with van der Waals surface area (Å²) in [7, 11) is -1.67. The number of hydrogen-bond acceptors (Lipinski definition) is 2. The Morgan fingerprint density at radius 2 is 1.00 bits per heavy atom. The average molecular weight is 559 g/mol. The zero-order valence-electron chi connectivity index (χ0n) is 23.9. The second kappa shape index (κ2) is 10.3. The van der Waals surface area contributed by atoms with Gasteiger partial charge in [0.05, 0.1) is 28.3 Å². The number of fused-ring (bicyclic) bond motifs is 8. The number of hydrogen-bond donors (Lipinski definition) is 2. The lowest BCUT2D eigenvalue weighted by Crippen LogP contribution is -2.16. The highest BCUT2D eigenvalue weighted by molar-refractivity contribution is 6.83. The summed E-state index contributed by atoms with van der Waals surface area (Å²) in [6.07, 6.45) is 8.35. The quantitative estimate of drug-likeness (QED) is 0.164. The normalized spacial score (nSPS) is 12.3. The topological polar surface area (TPSA) is 57.4 Å². The number of aromatic amines is 2. The van der Waals surface area contributed by atoms with Gasteiger partial charge in [-0.15, -0.1) is 5.54 Å². The van der Waals surface area contributed by atoms with Gasteiger partial charge in [-0.2, -0.15) is 0 Å².